The van der Waals surface area contributed by atoms with Gasteiger partial charge in [0.05, 0.1) is 0 Å². The highest BCUT2D eigenvalue weighted by molar-refractivity contribution is 6.17. The Morgan fingerprint density at radius 1 is 1.47 bits per heavy atom. The molecular weight excluding hydrogens is 208 g/mol. The summed E-state index contributed by atoms with van der Waals surface area (Å²) in [7, 11) is 0. The van der Waals surface area contributed by atoms with Crippen molar-refractivity contribution in [2.45, 2.75) is 39.3 Å². The molecule has 1 unspecified atom stereocenters. The Morgan fingerprint density at radius 2 is 2.27 bits per heavy atom. The number of hydrogen-bond donors (Lipinski definition) is 1. The normalized spacial score (nSPS) is 12.7. The summed E-state index contributed by atoms with van der Waals surface area (Å²) in [6, 6.07) is 2.68. The first-order valence-electron chi connectivity index (χ1n) is 5.46. The lowest BCUT2D eigenvalue weighted by Crippen LogP contribution is -2.28. The van der Waals surface area contributed by atoms with Crippen molar-refractivity contribution in [3.8, 4) is 0 Å². The molecule has 2 nitrogen and oxygen atoms in total. The van der Waals surface area contributed by atoms with Gasteiger partial charge in [0, 0.05) is 30.9 Å². The third-order valence-corrected chi connectivity index (χ3v) is 2.70. The van der Waals surface area contributed by atoms with Crippen LogP contribution in [0.15, 0.2) is 18.5 Å². The lowest BCUT2D eigenvalue weighted by Gasteiger charge is -2.15. The molecule has 1 N–H and O–H groups in total. The van der Waals surface area contributed by atoms with Crippen LogP contribution in [0.25, 0.3) is 0 Å². The van der Waals surface area contributed by atoms with Crippen LogP contribution in [-0.4, -0.2) is 16.9 Å². The monoisotopic (exact) mass is 226 g/mol. The van der Waals surface area contributed by atoms with Crippen molar-refractivity contribution in [3.63, 3.8) is 0 Å². The van der Waals surface area contributed by atoms with Gasteiger partial charge in [0.15, 0.2) is 0 Å². The molecule has 3 heteroatoms. The van der Waals surface area contributed by atoms with Crippen molar-refractivity contribution < 1.29 is 0 Å². The van der Waals surface area contributed by atoms with Crippen LogP contribution < -0.4 is 5.32 Å². The predicted molar refractivity (Wildman–Crippen MR) is 65.2 cm³/mol. The van der Waals surface area contributed by atoms with Crippen molar-refractivity contribution in [1.29, 1.82) is 0 Å². The molecule has 0 aliphatic rings. The summed E-state index contributed by atoms with van der Waals surface area (Å²) in [5.41, 5.74) is 2.45. The van der Waals surface area contributed by atoms with E-state index in [1.807, 2.05) is 12.4 Å². The minimum absolute atomic E-state index is 0.517. The van der Waals surface area contributed by atoms with E-state index in [4.69, 9.17) is 11.6 Å². The van der Waals surface area contributed by atoms with Crippen molar-refractivity contribution in [1.82, 2.24) is 10.3 Å². The van der Waals surface area contributed by atoms with Gasteiger partial charge < -0.3 is 5.32 Å². The predicted octanol–water partition coefficient (Wildman–Crippen LogP) is 2.89. The highest BCUT2D eigenvalue weighted by atomic mass is 35.5. The van der Waals surface area contributed by atoms with Crippen LogP contribution in [0.1, 0.15) is 30.9 Å². The Labute approximate surface area is 97.1 Å². The second-order valence-electron chi connectivity index (χ2n) is 3.83. The Bertz CT molecular complexity index is 289. The number of nitrogens with one attached hydrogen (secondary N) is 1. The molecule has 0 radical (unpaired) electrons. The highest BCUT2D eigenvalue weighted by Crippen LogP contribution is 2.04. The van der Waals surface area contributed by atoms with E-state index in [2.05, 4.69) is 30.2 Å². The first-order chi connectivity index (χ1) is 7.26. The number of hydrogen-bond acceptors (Lipinski definition) is 2. The van der Waals surface area contributed by atoms with Gasteiger partial charge in [0.1, 0.15) is 0 Å². The standard InChI is InChI=1S/C12H19ClN2/c1-3-12(4-5-13)15-9-11-6-10(2)7-14-8-11/h6-8,12,15H,3-5,9H2,1-2H3. The molecule has 0 saturated heterocycles. The lowest BCUT2D eigenvalue weighted by atomic mass is 10.1. The van der Waals surface area contributed by atoms with E-state index in [-0.39, 0.29) is 0 Å². The maximum Gasteiger partial charge on any atom is 0.0313 e. The van der Waals surface area contributed by atoms with E-state index in [1.54, 1.807) is 0 Å². The van der Waals surface area contributed by atoms with Crippen LogP contribution in [0.2, 0.25) is 0 Å². The summed E-state index contributed by atoms with van der Waals surface area (Å²) < 4.78 is 0. The Balaban J connectivity index is 2.41. The van der Waals surface area contributed by atoms with E-state index in [0.29, 0.717) is 6.04 Å². The molecule has 0 spiro atoms. The molecule has 1 rings (SSSR count). The number of aryl methyl sites for hydroxylation is 1. The molecule has 0 aromatic carbocycles. The minimum atomic E-state index is 0.517. The topological polar surface area (TPSA) is 24.9 Å². The fourth-order valence-electron chi connectivity index (χ4n) is 1.56. The molecule has 0 fully saturated rings. The average molecular weight is 227 g/mol. The van der Waals surface area contributed by atoms with Crippen molar-refractivity contribution >= 4 is 11.6 Å². The molecule has 84 valence electrons. The van der Waals surface area contributed by atoms with Gasteiger partial charge in [0.25, 0.3) is 0 Å². The fraction of sp³-hybridized carbons (Fsp3) is 0.583. The molecule has 0 bridgehead atoms. The van der Waals surface area contributed by atoms with Gasteiger partial charge >= 0.3 is 0 Å². The zero-order valence-electron chi connectivity index (χ0n) is 9.46. The summed E-state index contributed by atoms with van der Waals surface area (Å²) >= 11 is 5.73. The number of aromatic nitrogens is 1. The smallest absolute Gasteiger partial charge is 0.0313 e. The summed E-state index contributed by atoms with van der Waals surface area (Å²) in [6.45, 7) is 5.12. The fourth-order valence-corrected chi connectivity index (χ4v) is 1.82. The van der Waals surface area contributed by atoms with Gasteiger partial charge in [0.2, 0.25) is 0 Å². The van der Waals surface area contributed by atoms with Crippen LogP contribution in [0.4, 0.5) is 0 Å². The number of halogens is 1. The largest absolute Gasteiger partial charge is 0.310 e. The third kappa shape index (κ3) is 4.63. The van der Waals surface area contributed by atoms with Gasteiger partial charge in [-0.05, 0) is 30.9 Å². The minimum Gasteiger partial charge on any atom is -0.310 e. The Hall–Kier alpha value is -0.600. The van der Waals surface area contributed by atoms with Crippen molar-refractivity contribution in [3.05, 3.63) is 29.6 Å². The number of pyridine rings is 1. The van der Waals surface area contributed by atoms with E-state index in [9.17, 15) is 0 Å². The van der Waals surface area contributed by atoms with Gasteiger partial charge in [-0.2, -0.15) is 0 Å². The molecule has 0 amide bonds. The van der Waals surface area contributed by atoms with Crippen LogP contribution in [-0.2, 0) is 6.54 Å². The average Bonchev–Trinajstić information content (AvgIpc) is 2.24. The van der Waals surface area contributed by atoms with E-state index < -0.39 is 0 Å². The zero-order chi connectivity index (χ0) is 11.1. The zero-order valence-corrected chi connectivity index (χ0v) is 10.2. The quantitative estimate of drug-likeness (QED) is 0.755. The molecular formula is C12H19ClN2. The van der Waals surface area contributed by atoms with Gasteiger partial charge in [-0.3, -0.25) is 4.98 Å². The first-order valence-corrected chi connectivity index (χ1v) is 5.99. The summed E-state index contributed by atoms with van der Waals surface area (Å²) in [4.78, 5) is 4.17. The van der Waals surface area contributed by atoms with E-state index >= 15 is 0 Å². The molecule has 0 saturated carbocycles. The van der Waals surface area contributed by atoms with Crippen molar-refractivity contribution in [2.24, 2.45) is 0 Å². The molecule has 0 aliphatic heterocycles. The van der Waals surface area contributed by atoms with E-state index in [0.717, 1.165) is 25.3 Å². The number of nitrogens with zero attached hydrogens (tertiary/aromatic N) is 1. The number of alkyl halides is 1. The Morgan fingerprint density at radius 3 is 2.87 bits per heavy atom. The van der Waals surface area contributed by atoms with E-state index in [1.165, 1.54) is 11.1 Å². The van der Waals surface area contributed by atoms with Crippen LogP contribution in [0, 0.1) is 6.92 Å². The van der Waals surface area contributed by atoms with Gasteiger partial charge in [-0.1, -0.05) is 13.0 Å². The lowest BCUT2D eigenvalue weighted by molar-refractivity contribution is 0.485. The SMILES string of the molecule is CCC(CCCl)NCc1cncc(C)c1. The van der Waals surface area contributed by atoms with Crippen molar-refractivity contribution in [2.75, 3.05) is 5.88 Å². The molecule has 1 aromatic rings. The first kappa shape index (κ1) is 12.5. The van der Waals surface area contributed by atoms with Crippen LogP contribution in [0.5, 0.6) is 0 Å². The molecule has 0 aliphatic carbocycles. The maximum atomic E-state index is 5.73. The molecule has 1 atom stereocenters. The summed E-state index contributed by atoms with van der Waals surface area (Å²) in [5, 5.41) is 3.49. The van der Waals surface area contributed by atoms with Crippen LogP contribution in [0.3, 0.4) is 0 Å². The summed E-state index contributed by atoms with van der Waals surface area (Å²) in [6.07, 6.45) is 5.93. The highest BCUT2D eigenvalue weighted by Gasteiger charge is 2.04. The molecule has 15 heavy (non-hydrogen) atoms. The van der Waals surface area contributed by atoms with Gasteiger partial charge in [-0.15, -0.1) is 11.6 Å². The maximum absolute atomic E-state index is 5.73. The third-order valence-electron chi connectivity index (χ3n) is 2.48. The number of rotatable bonds is 6. The Kier molecular flexibility index (Phi) is 5.66. The molecule has 1 heterocycles. The molecule has 1 aromatic heterocycles. The second-order valence-corrected chi connectivity index (χ2v) is 4.21. The van der Waals surface area contributed by atoms with Gasteiger partial charge in [-0.25, -0.2) is 0 Å². The second kappa shape index (κ2) is 6.81. The summed E-state index contributed by atoms with van der Waals surface area (Å²) in [5.74, 6) is 0.720. The van der Waals surface area contributed by atoms with Crippen LogP contribution >= 0.6 is 11.6 Å².